The van der Waals surface area contributed by atoms with Gasteiger partial charge >= 0.3 is 0 Å². The van der Waals surface area contributed by atoms with E-state index in [1.54, 1.807) is 69.4 Å². The molecule has 0 spiro atoms. The summed E-state index contributed by atoms with van der Waals surface area (Å²) in [4.78, 5) is 12.9. The van der Waals surface area contributed by atoms with E-state index in [2.05, 4.69) is 51.4 Å². The Labute approximate surface area is 333 Å². The summed E-state index contributed by atoms with van der Waals surface area (Å²) in [6.45, 7) is 6.58. The second kappa shape index (κ2) is 16.5. The third-order valence-electron chi connectivity index (χ3n) is 8.83. The molecular weight excluding hydrogens is 792 g/mol. The minimum absolute atomic E-state index is 0.00945. The first-order valence-electron chi connectivity index (χ1n) is 17.4. The summed E-state index contributed by atoms with van der Waals surface area (Å²) >= 11 is 6.22. The van der Waals surface area contributed by atoms with Crippen molar-refractivity contribution in [1.29, 1.82) is 0 Å². The summed E-state index contributed by atoms with van der Waals surface area (Å²) in [7, 11) is -5.17. The van der Waals surface area contributed by atoms with Gasteiger partial charge in [0.05, 0.1) is 32.7 Å². The molecule has 6 rings (SSSR count). The van der Waals surface area contributed by atoms with Gasteiger partial charge in [0.25, 0.3) is 0 Å². The van der Waals surface area contributed by atoms with Crippen molar-refractivity contribution >= 4 is 93.8 Å². The molecule has 5 N–H and O–H groups in total. The van der Waals surface area contributed by atoms with E-state index >= 15 is 0 Å². The van der Waals surface area contributed by atoms with E-state index in [1.807, 2.05) is 13.0 Å². The average molecular weight is 829 g/mol. The molecule has 6 aromatic rings. The van der Waals surface area contributed by atoms with Crippen molar-refractivity contribution in [3.8, 4) is 11.5 Å². The third kappa shape index (κ3) is 8.93. The van der Waals surface area contributed by atoms with Crippen LogP contribution in [0.1, 0.15) is 25.0 Å². The normalized spacial score (nSPS) is 12.1. The van der Waals surface area contributed by atoms with E-state index in [0.717, 1.165) is 11.6 Å². The summed E-state index contributed by atoms with van der Waals surface area (Å²) in [5, 5.41) is 49.2. The second-order valence-electron chi connectivity index (χ2n) is 12.6. The van der Waals surface area contributed by atoms with Gasteiger partial charge in [0, 0.05) is 35.3 Å². The maximum atomic E-state index is 12.4. The number of halogens is 1. The van der Waals surface area contributed by atoms with Gasteiger partial charge in [0.15, 0.2) is 25.4 Å². The molecule has 0 aliphatic heterocycles. The smallest absolute Gasteiger partial charge is 0.233 e. The number of anilines is 5. The number of aromatic nitrogens is 3. The second-order valence-corrected chi connectivity index (χ2v) is 17.4. The molecule has 16 nitrogen and oxygen atoms in total. The van der Waals surface area contributed by atoms with Crippen molar-refractivity contribution < 1.29 is 27.0 Å². The monoisotopic (exact) mass is 828 g/mol. The van der Waals surface area contributed by atoms with Crippen molar-refractivity contribution in [3.63, 3.8) is 0 Å². The number of phenolic OH excluding ortho intramolecular Hbond substituents is 2. The van der Waals surface area contributed by atoms with E-state index in [0.29, 0.717) is 44.8 Å². The number of benzene rings is 5. The van der Waals surface area contributed by atoms with Gasteiger partial charge in [-0.05, 0) is 103 Å². The van der Waals surface area contributed by atoms with Crippen LogP contribution in [-0.2, 0) is 19.7 Å². The molecule has 0 saturated carbocycles. The van der Waals surface area contributed by atoms with Gasteiger partial charge in [0.2, 0.25) is 17.2 Å². The molecule has 0 aliphatic carbocycles. The maximum absolute atomic E-state index is 12.4. The van der Waals surface area contributed by atoms with Gasteiger partial charge < -0.3 is 26.2 Å². The van der Waals surface area contributed by atoms with Crippen LogP contribution < -0.4 is 16.0 Å². The standard InChI is InChI=1S/C38H37ClN10O6S2/c1-6-56(52,53)25-12-10-23(11-13-25)41-37-43-36(39)44-38(45-37)42-24-9-8-21(3)30(19-24)47-49-34-26-14-17-29(35(51)27(26)15-16-28(34)40-5)46-48-31-18-22(4)33(20-32(31)50)57(54,55)7-2/h8-20,40,50-51H,6-7H2,1-5H3,(H2,41,42,43,44,45). The maximum Gasteiger partial charge on any atom is 0.233 e. The van der Waals surface area contributed by atoms with Crippen LogP contribution in [-0.4, -0.2) is 60.6 Å². The molecule has 0 aliphatic rings. The Morgan fingerprint density at radius 3 is 1.93 bits per heavy atom. The molecule has 0 unspecified atom stereocenters. The molecule has 1 heterocycles. The zero-order valence-electron chi connectivity index (χ0n) is 31.3. The van der Waals surface area contributed by atoms with Crippen molar-refractivity contribution in [3.05, 3.63) is 95.3 Å². The van der Waals surface area contributed by atoms with Gasteiger partial charge in [-0.3, -0.25) is 0 Å². The van der Waals surface area contributed by atoms with Crippen LogP contribution in [0, 0.1) is 13.8 Å². The predicted octanol–water partition coefficient (Wildman–Crippen LogP) is 9.65. The largest absolute Gasteiger partial charge is 0.506 e. The summed E-state index contributed by atoms with van der Waals surface area (Å²) in [5.41, 5.74) is 4.07. The van der Waals surface area contributed by atoms with Crippen LogP contribution in [0.25, 0.3) is 10.8 Å². The number of hydrogen-bond donors (Lipinski definition) is 5. The fourth-order valence-electron chi connectivity index (χ4n) is 5.62. The van der Waals surface area contributed by atoms with Crippen LogP contribution in [0.2, 0.25) is 5.28 Å². The van der Waals surface area contributed by atoms with E-state index in [4.69, 9.17) is 11.6 Å². The fraction of sp³-hybridized carbons (Fsp3) is 0.184. The molecule has 0 fully saturated rings. The lowest BCUT2D eigenvalue weighted by Crippen LogP contribution is -2.05. The molecule has 0 bridgehead atoms. The van der Waals surface area contributed by atoms with Crippen molar-refractivity contribution in [2.45, 2.75) is 37.5 Å². The number of aromatic hydroxyl groups is 2. The number of sulfone groups is 2. The molecule has 0 amide bonds. The number of azo groups is 2. The number of nitrogens with one attached hydrogen (secondary N) is 3. The molecule has 0 saturated heterocycles. The van der Waals surface area contributed by atoms with Crippen LogP contribution in [0.15, 0.2) is 109 Å². The number of rotatable bonds is 13. The number of aryl methyl sites for hydroxylation is 2. The average Bonchev–Trinajstić information content (AvgIpc) is 3.18. The molecule has 1 aromatic heterocycles. The van der Waals surface area contributed by atoms with Crippen molar-refractivity contribution in [2.75, 3.05) is 34.5 Å². The molecule has 19 heteroatoms. The highest BCUT2D eigenvalue weighted by Gasteiger charge is 2.19. The Morgan fingerprint density at radius 1 is 0.649 bits per heavy atom. The Kier molecular flexibility index (Phi) is 11.7. The lowest BCUT2D eigenvalue weighted by Gasteiger charge is -2.11. The minimum Gasteiger partial charge on any atom is -0.506 e. The quantitative estimate of drug-likeness (QED) is 0.0685. The van der Waals surface area contributed by atoms with Gasteiger partial charge in [-0.25, -0.2) is 16.8 Å². The molecule has 0 radical (unpaired) electrons. The lowest BCUT2D eigenvalue weighted by molar-refractivity contribution is 0.473. The highest BCUT2D eigenvalue weighted by Crippen LogP contribution is 2.44. The fourth-order valence-corrected chi connectivity index (χ4v) is 7.82. The van der Waals surface area contributed by atoms with Crippen molar-refractivity contribution in [2.24, 2.45) is 20.5 Å². The Morgan fingerprint density at radius 2 is 1.26 bits per heavy atom. The van der Waals surface area contributed by atoms with Crippen molar-refractivity contribution in [1.82, 2.24) is 15.0 Å². The molecular formula is C38H37ClN10O6S2. The predicted molar refractivity (Wildman–Crippen MR) is 221 cm³/mol. The summed E-state index contributed by atoms with van der Waals surface area (Å²) < 4.78 is 49.1. The summed E-state index contributed by atoms with van der Waals surface area (Å²) in [5.74, 6) is -0.414. The van der Waals surface area contributed by atoms with Gasteiger partial charge in [-0.1, -0.05) is 19.9 Å². The highest BCUT2D eigenvalue weighted by atomic mass is 35.5. The first kappa shape index (κ1) is 40.4. The molecule has 5 aromatic carbocycles. The lowest BCUT2D eigenvalue weighted by atomic mass is 10.1. The zero-order chi connectivity index (χ0) is 41.1. The number of phenols is 2. The Hall–Kier alpha value is -6.24. The van der Waals surface area contributed by atoms with Gasteiger partial charge in [-0.15, -0.1) is 15.3 Å². The van der Waals surface area contributed by atoms with E-state index in [-0.39, 0.29) is 61.4 Å². The van der Waals surface area contributed by atoms with Crippen LogP contribution in [0.3, 0.4) is 0 Å². The zero-order valence-corrected chi connectivity index (χ0v) is 33.7. The number of nitrogens with zero attached hydrogens (tertiary/aromatic N) is 7. The third-order valence-corrected chi connectivity index (χ3v) is 12.6. The number of fused-ring (bicyclic) bond motifs is 1. The molecule has 294 valence electrons. The topological polar surface area (TPSA) is 233 Å². The highest BCUT2D eigenvalue weighted by molar-refractivity contribution is 7.91. The first-order chi connectivity index (χ1) is 27.1. The van der Waals surface area contributed by atoms with Gasteiger partial charge in [-0.2, -0.15) is 20.1 Å². The minimum atomic E-state index is -3.56. The Balaban J connectivity index is 1.25. The van der Waals surface area contributed by atoms with Crippen LogP contribution >= 0.6 is 11.6 Å². The molecule has 57 heavy (non-hydrogen) atoms. The number of hydrogen-bond acceptors (Lipinski definition) is 16. The van der Waals surface area contributed by atoms with Crippen LogP contribution in [0.5, 0.6) is 11.5 Å². The van der Waals surface area contributed by atoms with E-state index in [1.165, 1.54) is 25.1 Å². The van der Waals surface area contributed by atoms with E-state index in [9.17, 15) is 27.0 Å². The van der Waals surface area contributed by atoms with E-state index < -0.39 is 19.7 Å². The molecule has 0 atom stereocenters. The summed E-state index contributed by atoms with van der Waals surface area (Å²) in [6.07, 6.45) is 0. The first-order valence-corrected chi connectivity index (χ1v) is 21.1. The van der Waals surface area contributed by atoms with Crippen LogP contribution in [0.4, 0.5) is 51.7 Å². The SMILES string of the molecule is CCS(=O)(=O)c1ccc(Nc2nc(Cl)nc(Nc3ccc(C)c(N=Nc4c(NC)ccc5c(O)c(N=Nc6cc(C)c(S(=O)(=O)CC)cc6O)ccc45)c3)n2)cc1. The summed E-state index contributed by atoms with van der Waals surface area (Å²) in [6, 6.07) is 20.9. The Bertz CT molecular complexity index is 2800. The van der Waals surface area contributed by atoms with Gasteiger partial charge in [0.1, 0.15) is 22.8 Å².